The zero-order valence-corrected chi connectivity index (χ0v) is 10.1. The molecule has 0 spiro atoms. The maximum absolute atomic E-state index is 11.1. The molecule has 0 bridgehead atoms. The second-order valence-corrected chi connectivity index (χ2v) is 3.73. The third kappa shape index (κ3) is 3.35. The van der Waals surface area contributed by atoms with Gasteiger partial charge in [0.15, 0.2) is 0 Å². The van der Waals surface area contributed by atoms with Crippen LogP contribution in [0.25, 0.3) is 0 Å². The molecule has 1 heterocycles. The van der Waals surface area contributed by atoms with Gasteiger partial charge in [-0.25, -0.2) is 4.98 Å². The SMILES string of the molecule is CCOc1cccc(CNc2cc(=O)[nH]cn2)c1. The van der Waals surface area contributed by atoms with Crippen LogP contribution in [0.2, 0.25) is 0 Å². The van der Waals surface area contributed by atoms with Crippen molar-refractivity contribution in [2.75, 3.05) is 11.9 Å². The van der Waals surface area contributed by atoms with Crippen molar-refractivity contribution in [1.29, 1.82) is 0 Å². The van der Waals surface area contributed by atoms with Crippen molar-refractivity contribution in [1.82, 2.24) is 9.97 Å². The first-order valence-electron chi connectivity index (χ1n) is 5.78. The standard InChI is InChI=1S/C13H15N3O2/c1-2-18-11-5-3-4-10(6-11)8-14-12-7-13(17)16-9-15-12/h3-7,9H,2,8H2,1H3,(H2,14,15,16,17). The van der Waals surface area contributed by atoms with Gasteiger partial charge in [-0.3, -0.25) is 4.79 Å². The van der Waals surface area contributed by atoms with Crippen LogP contribution in [0.5, 0.6) is 5.75 Å². The minimum absolute atomic E-state index is 0.171. The van der Waals surface area contributed by atoms with E-state index in [9.17, 15) is 4.79 Å². The molecule has 1 aromatic carbocycles. The van der Waals surface area contributed by atoms with Crippen LogP contribution in [-0.2, 0) is 6.54 Å². The van der Waals surface area contributed by atoms with E-state index in [1.807, 2.05) is 31.2 Å². The number of aromatic nitrogens is 2. The van der Waals surface area contributed by atoms with Crippen molar-refractivity contribution in [3.8, 4) is 5.75 Å². The summed E-state index contributed by atoms with van der Waals surface area (Å²) >= 11 is 0. The fraction of sp³-hybridized carbons (Fsp3) is 0.231. The van der Waals surface area contributed by atoms with E-state index >= 15 is 0 Å². The van der Waals surface area contributed by atoms with E-state index in [0.29, 0.717) is 19.0 Å². The Kier molecular flexibility index (Phi) is 3.96. The monoisotopic (exact) mass is 245 g/mol. The van der Waals surface area contributed by atoms with Crippen LogP contribution >= 0.6 is 0 Å². The highest BCUT2D eigenvalue weighted by atomic mass is 16.5. The minimum Gasteiger partial charge on any atom is -0.494 e. The van der Waals surface area contributed by atoms with Gasteiger partial charge in [-0.1, -0.05) is 12.1 Å². The van der Waals surface area contributed by atoms with Gasteiger partial charge in [-0.2, -0.15) is 0 Å². The number of benzene rings is 1. The molecule has 0 amide bonds. The summed E-state index contributed by atoms with van der Waals surface area (Å²) in [6.45, 7) is 3.19. The molecule has 2 rings (SSSR count). The fourth-order valence-corrected chi connectivity index (χ4v) is 1.57. The lowest BCUT2D eigenvalue weighted by Gasteiger charge is -2.07. The smallest absolute Gasteiger partial charge is 0.252 e. The minimum atomic E-state index is -0.171. The summed E-state index contributed by atoms with van der Waals surface area (Å²) in [5, 5.41) is 3.08. The van der Waals surface area contributed by atoms with Crippen LogP contribution in [0.1, 0.15) is 12.5 Å². The lowest BCUT2D eigenvalue weighted by molar-refractivity contribution is 0.340. The highest BCUT2D eigenvalue weighted by Crippen LogP contribution is 2.14. The second-order valence-electron chi connectivity index (χ2n) is 3.73. The average Bonchev–Trinajstić information content (AvgIpc) is 2.37. The van der Waals surface area contributed by atoms with Gasteiger partial charge in [0.2, 0.25) is 0 Å². The van der Waals surface area contributed by atoms with Gasteiger partial charge in [0.25, 0.3) is 5.56 Å². The number of nitrogens with one attached hydrogen (secondary N) is 2. The van der Waals surface area contributed by atoms with E-state index in [1.54, 1.807) is 0 Å². The molecule has 0 aliphatic carbocycles. The first kappa shape index (κ1) is 12.2. The van der Waals surface area contributed by atoms with Crippen molar-refractivity contribution < 1.29 is 4.74 Å². The molecular weight excluding hydrogens is 230 g/mol. The molecular formula is C13H15N3O2. The van der Waals surface area contributed by atoms with Crippen LogP contribution in [0, 0.1) is 0 Å². The van der Waals surface area contributed by atoms with E-state index in [2.05, 4.69) is 15.3 Å². The molecule has 94 valence electrons. The molecule has 0 aliphatic heterocycles. The predicted molar refractivity (Wildman–Crippen MR) is 69.8 cm³/mol. The molecule has 18 heavy (non-hydrogen) atoms. The summed E-state index contributed by atoms with van der Waals surface area (Å²) in [5.41, 5.74) is 0.901. The molecule has 5 nitrogen and oxygen atoms in total. The Morgan fingerprint density at radius 2 is 2.28 bits per heavy atom. The summed E-state index contributed by atoms with van der Waals surface area (Å²) in [5.74, 6) is 1.40. The number of rotatable bonds is 5. The Labute approximate surface area is 105 Å². The summed E-state index contributed by atoms with van der Waals surface area (Å²) in [6.07, 6.45) is 1.38. The molecule has 1 aromatic heterocycles. The summed E-state index contributed by atoms with van der Waals surface area (Å²) in [7, 11) is 0. The lowest BCUT2D eigenvalue weighted by Crippen LogP contribution is -2.09. The van der Waals surface area contributed by atoms with Crippen LogP contribution in [0.3, 0.4) is 0 Å². The molecule has 5 heteroatoms. The van der Waals surface area contributed by atoms with Crippen molar-refractivity contribution in [3.63, 3.8) is 0 Å². The number of ether oxygens (including phenoxy) is 1. The molecule has 0 saturated carbocycles. The Morgan fingerprint density at radius 3 is 3.06 bits per heavy atom. The normalized spacial score (nSPS) is 10.1. The van der Waals surface area contributed by atoms with E-state index in [1.165, 1.54) is 12.4 Å². The van der Waals surface area contributed by atoms with Gasteiger partial charge in [0, 0.05) is 12.6 Å². The average molecular weight is 245 g/mol. The zero-order valence-electron chi connectivity index (χ0n) is 10.1. The van der Waals surface area contributed by atoms with E-state index in [4.69, 9.17) is 4.74 Å². The van der Waals surface area contributed by atoms with Gasteiger partial charge in [0.1, 0.15) is 11.6 Å². The van der Waals surface area contributed by atoms with E-state index in [-0.39, 0.29) is 5.56 Å². The van der Waals surface area contributed by atoms with Gasteiger partial charge in [-0.15, -0.1) is 0 Å². The number of aromatic amines is 1. The Balaban J connectivity index is 2.01. The van der Waals surface area contributed by atoms with E-state index in [0.717, 1.165) is 11.3 Å². The van der Waals surface area contributed by atoms with Crippen molar-refractivity contribution >= 4 is 5.82 Å². The summed E-state index contributed by atoms with van der Waals surface area (Å²) in [4.78, 5) is 17.6. The second kappa shape index (κ2) is 5.86. The van der Waals surface area contributed by atoms with Crippen LogP contribution in [0.15, 0.2) is 41.5 Å². The Bertz CT molecular complexity index is 566. The van der Waals surface area contributed by atoms with E-state index < -0.39 is 0 Å². The van der Waals surface area contributed by atoms with Crippen LogP contribution in [0.4, 0.5) is 5.82 Å². The van der Waals surface area contributed by atoms with Gasteiger partial charge in [0.05, 0.1) is 12.9 Å². The number of anilines is 1. The van der Waals surface area contributed by atoms with Gasteiger partial charge >= 0.3 is 0 Å². The fourth-order valence-electron chi connectivity index (χ4n) is 1.57. The third-order valence-corrected chi connectivity index (χ3v) is 2.36. The van der Waals surface area contributed by atoms with Gasteiger partial charge in [-0.05, 0) is 24.6 Å². The lowest BCUT2D eigenvalue weighted by atomic mass is 10.2. The number of nitrogens with zero attached hydrogens (tertiary/aromatic N) is 1. The first-order chi connectivity index (χ1) is 8.78. The van der Waals surface area contributed by atoms with Gasteiger partial charge < -0.3 is 15.0 Å². The van der Waals surface area contributed by atoms with Crippen molar-refractivity contribution in [2.24, 2.45) is 0 Å². The quantitative estimate of drug-likeness (QED) is 0.842. The number of hydrogen-bond acceptors (Lipinski definition) is 4. The molecule has 0 fully saturated rings. The molecule has 0 radical (unpaired) electrons. The van der Waals surface area contributed by atoms with Crippen LogP contribution < -0.4 is 15.6 Å². The van der Waals surface area contributed by atoms with Crippen molar-refractivity contribution in [2.45, 2.75) is 13.5 Å². The molecule has 0 aliphatic rings. The maximum Gasteiger partial charge on any atom is 0.252 e. The third-order valence-electron chi connectivity index (χ3n) is 2.36. The molecule has 0 saturated heterocycles. The number of hydrogen-bond donors (Lipinski definition) is 2. The topological polar surface area (TPSA) is 67.0 Å². The summed E-state index contributed by atoms with van der Waals surface area (Å²) in [6, 6.07) is 9.23. The number of H-pyrrole nitrogens is 1. The van der Waals surface area contributed by atoms with Crippen molar-refractivity contribution in [3.05, 3.63) is 52.6 Å². The molecule has 0 atom stereocenters. The molecule has 2 aromatic rings. The Morgan fingerprint density at radius 1 is 1.39 bits per heavy atom. The highest BCUT2D eigenvalue weighted by Gasteiger charge is 1.98. The summed E-state index contributed by atoms with van der Waals surface area (Å²) < 4.78 is 5.42. The molecule has 2 N–H and O–H groups in total. The Hall–Kier alpha value is -2.30. The first-order valence-corrected chi connectivity index (χ1v) is 5.78. The van der Waals surface area contributed by atoms with Crippen LogP contribution in [-0.4, -0.2) is 16.6 Å². The highest BCUT2D eigenvalue weighted by molar-refractivity contribution is 5.35. The largest absolute Gasteiger partial charge is 0.494 e. The predicted octanol–water partition coefficient (Wildman–Crippen LogP) is 1.78. The zero-order chi connectivity index (χ0) is 12.8. The molecule has 0 unspecified atom stereocenters. The maximum atomic E-state index is 11.1.